The van der Waals surface area contributed by atoms with E-state index in [-0.39, 0.29) is 24.9 Å². The quantitative estimate of drug-likeness (QED) is 0.706. The summed E-state index contributed by atoms with van der Waals surface area (Å²) in [6.45, 7) is 0.209. The van der Waals surface area contributed by atoms with E-state index in [1.165, 1.54) is 0 Å². The molecule has 0 spiro atoms. The summed E-state index contributed by atoms with van der Waals surface area (Å²) >= 11 is 0. The van der Waals surface area contributed by atoms with Gasteiger partial charge in [-0.25, -0.2) is 0 Å². The van der Waals surface area contributed by atoms with Gasteiger partial charge in [-0.3, -0.25) is 14.5 Å². The van der Waals surface area contributed by atoms with Gasteiger partial charge in [-0.15, -0.1) is 0 Å². The number of β-amino-alcohol motifs (C(OH)–C–C–N with tert-alkyl or cyclic N) is 1. The minimum atomic E-state index is -0.851. The molecule has 2 amide bonds. The summed E-state index contributed by atoms with van der Waals surface area (Å²) < 4.78 is 0. The molecule has 24 heavy (non-hydrogen) atoms. The molecule has 0 aliphatic carbocycles. The molecule has 6 heteroatoms. The Morgan fingerprint density at radius 3 is 2.04 bits per heavy atom. The van der Waals surface area contributed by atoms with Gasteiger partial charge in [0, 0.05) is 25.0 Å². The van der Waals surface area contributed by atoms with E-state index in [2.05, 4.69) is 10.6 Å². The second-order valence-corrected chi connectivity index (χ2v) is 5.63. The summed E-state index contributed by atoms with van der Waals surface area (Å²) in [5.41, 5.74) is 2.64. The van der Waals surface area contributed by atoms with Crippen molar-refractivity contribution in [2.24, 2.45) is 0 Å². The number of nitrogens with zero attached hydrogens (tertiary/aromatic N) is 1. The first-order chi connectivity index (χ1) is 11.6. The maximum absolute atomic E-state index is 12.3. The predicted octanol–water partition coefficient (Wildman–Crippen LogP) is 1.80. The Hall–Kier alpha value is -2.86. The number of carbonyl (C=O) groups is 2. The lowest BCUT2D eigenvalue weighted by molar-refractivity contribution is 0.0558. The third-order valence-corrected chi connectivity index (χ3v) is 3.99. The van der Waals surface area contributed by atoms with Crippen LogP contribution in [0.1, 0.15) is 20.7 Å². The van der Waals surface area contributed by atoms with Gasteiger partial charge in [-0.2, -0.15) is 0 Å². The van der Waals surface area contributed by atoms with E-state index in [4.69, 9.17) is 0 Å². The Balaban J connectivity index is 1.58. The zero-order chi connectivity index (χ0) is 17.1. The van der Waals surface area contributed by atoms with Crippen LogP contribution in [0.5, 0.6) is 0 Å². The molecule has 3 rings (SSSR count). The Bertz CT molecular complexity index is 723. The normalized spacial score (nSPS) is 14.5. The lowest BCUT2D eigenvalue weighted by Gasteiger charge is -2.19. The lowest BCUT2D eigenvalue weighted by atomic mass is 10.1. The number of hydrogen-bond donors (Lipinski definition) is 3. The number of fused-ring (bicyclic) bond motifs is 1. The number of imide groups is 1. The standard InChI is InChI=1S/C18H19N3O3/c1-19-12-6-8-13(9-7-12)20-10-14(22)11-21-17(23)15-4-2-3-5-16(15)18(21)24/h2-9,14,19-20,22H,10-11H2,1H3. The van der Waals surface area contributed by atoms with E-state index in [1.807, 2.05) is 31.3 Å². The first kappa shape index (κ1) is 16.0. The van der Waals surface area contributed by atoms with Crippen LogP contribution in [-0.4, -0.2) is 48.1 Å². The van der Waals surface area contributed by atoms with Gasteiger partial charge in [0.1, 0.15) is 0 Å². The molecule has 1 aliphatic heterocycles. The van der Waals surface area contributed by atoms with Gasteiger partial charge in [0.2, 0.25) is 0 Å². The highest BCUT2D eigenvalue weighted by molar-refractivity contribution is 6.21. The zero-order valence-electron chi connectivity index (χ0n) is 13.3. The van der Waals surface area contributed by atoms with Crippen LogP contribution < -0.4 is 10.6 Å². The minimum Gasteiger partial charge on any atom is -0.389 e. The van der Waals surface area contributed by atoms with Crippen molar-refractivity contribution < 1.29 is 14.7 Å². The van der Waals surface area contributed by atoms with Crippen LogP contribution in [0, 0.1) is 0 Å². The number of amides is 2. The smallest absolute Gasteiger partial charge is 0.261 e. The van der Waals surface area contributed by atoms with E-state index in [0.717, 1.165) is 16.3 Å². The fourth-order valence-electron chi connectivity index (χ4n) is 2.67. The van der Waals surface area contributed by atoms with E-state index < -0.39 is 6.10 Å². The van der Waals surface area contributed by atoms with Gasteiger partial charge >= 0.3 is 0 Å². The van der Waals surface area contributed by atoms with Crippen molar-refractivity contribution in [1.29, 1.82) is 0 Å². The molecule has 0 saturated heterocycles. The summed E-state index contributed by atoms with van der Waals surface area (Å²) in [4.78, 5) is 25.6. The molecular formula is C18H19N3O3. The third kappa shape index (κ3) is 3.09. The lowest BCUT2D eigenvalue weighted by Crippen LogP contribution is -2.39. The van der Waals surface area contributed by atoms with Crippen molar-refractivity contribution in [3.63, 3.8) is 0 Å². The molecule has 0 saturated carbocycles. The Kier molecular flexibility index (Phi) is 4.48. The minimum absolute atomic E-state index is 0.0338. The van der Waals surface area contributed by atoms with Gasteiger partial charge in [0.15, 0.2) is 0 Å². The predicted molar refractivity (Wildman–Crippen MR) is 92.3 cm³/mol. The Morgan fingerprint density at radius 1 is 0.958 bits per heavy atom. The molecule has 1 heterocycles. The molecule has 0 radical (unpaired) electrons. The molecule has 1 unspecified atom stereocenters. The first-order valence-electron chi connectivity index (χ1n) is 7.75. The molecule has 1 aliphatic rings. The second-order valence-electron chi connectivity index (χ2n) is 5.63. The van der Waals surface area contributed by atoms with Crippen molar-refractivity contribution in [1.82, 2.24) is 4.90 Å². The maximum atomic E-state index is 12.3. The highest BCUT2D eigenvalue weighted by Crippen LogP contribution is 2.22. The van der Waals surface area contributed by atoms with Crippen molar-refractivity contribution in [2.75, 3.05) is 30.8 Å². The van der Waals surface area contributed by atoms with Crippen LogP contribution in [0.3, 0.4) is 0 Å². The van der Waals surface area contributed by atoms with Crippen LogP contribution in [0.4, 0.5) is 11.4 Å². The van der Waals surface area contributed by atoms with E-state index >= 15 is 0 Å². The molecule has 2 aromatic rings. The third-order valence-electron chi connectivity index (χ3n) is 3.99. The summed E-state index contributed by atoms with van der Waals surface area (Å²) in [5.74, 6) is -0.707. The maximum Gasteiger partial charge on any atom is 0.261 e. The summed E-state index contributed by atoms with van der Waals surface area (Å²) in [5, 5.41) is 16.3. The number of aliphatic hydroxyl groups is 1. The molecule has 0 fully saturated rings. The van der Waals surface area contributed by atoms with E-state index in [1.54, 1.807) is 24.3 Å². The number of carbonyl (C=O) groups excluding carboxylic acids is 2. The SMILES string of the molecule is CNc1ccc(NCC(O)CN2C(=O)c3ccccc3C2=O)cc1. The molecule has 2 aromatic carbocycles. The molecule has 0 bridgehead atoms. The van der Waals surface area contributed by atoms with Crippen LogP contribution in [-0.2, 0) is 0 Å². The highest BCUT2D eigenvalue weighted by atomic mass is 16.3. The average molecular weight is 325 g/mol. The number of hydrogen-bond acceptors (Lipinski definition) is 5. The first-order valence-corrected chi connectivity index (χ1v) is 7.75. The highest BCUT2D eigenvalue weighted by Gasteiger charge is 2.35. The zero-order valence-corrected chi connectivity index (χ0v) is 13.3. The topological polar surface area (TPSA) is 81.7 Å². The Morgan fingerprint density at radius 2 is 1.50 bits per heavy atom. The number of aliphatic hydroxyl groups excluding tert-OH is 1. The molecule has 0 aromatic heterocycles. The van der Waals surface area contributed by atoms with Crippen LogP contribution in [0.25, 0.3) is 0 Å². The molecular weight excluding hydrogens is 306 g/mol. The number of anilines is 2. The second kappa shape index (κ2) is 6.72. The van der Waals surface area contributed by atoms with Crippen LogP contribution in [0.15, 0.2) is 48.5 Å². The molecule has 1 atom stereocenters. The van der Waals surface area contributed by atoms with Gasteiger partial charge < -0.3 is 15.7 Å². The number of nitrogens with one attached hydrogen (secondary N) is 2. The van der Waals surface area contributed by atoms with Gasteiger partial charge in [0.25, 0.3) is 11.8 Å². The van der Waals surface area contributed by atoms with E-state index in [9.17, 15) is 14.7 Å². The average Bonchev–Trinajstić information content (AvgIpc) is 2.86. The van der Waals surface area contributed by atoms with Crippen LogP contribution >= 0.6 is 0 Å². The number of rotatable bonds is 6. The molecule has 124 valence electrons. The van der Waals surface area contributed by atoms with Gasteiger partial charge in [0.05, 0.1) is 23.8 Å². The molecule has 3 N–H and O–H groups in total. The summed E-state index contributed by atoms with van der Waals surface area (Å²) in [6, 6.07) is 14.3. The van der Waals surface area contributed by atoms with Crippen molar-refractivity contribution in [3.05, 3.63) is 59.7 Å². The number of benzene rings is 2. The van der Waals surface area contributed by atoms with Gasteiger partial charge in [-0.05, 0) is 36.4 Å². The van der Waals surface area contributed by atoms with Gasteiger partial charge in [-0.1, -0.05) is 12.1 Å². The fourth-order valence-corrected chi connectivity index (χ4v) is 2.67. The summed E-state index contributed by atoms with van der Waals surface area (Å²) in [6.07, 6.45) is -0.851. The monoisotopic (exact) mass is 325 g/mol. The van der Waals surface area contributed by atoms with Crippen molar-refractivity contribution in [3.8, 4) is 0 Å². The van der Waals surface area contributed by atoms with Crippen molar-refractivity contribution >= 4 is 23.2 Å². The van der Waals surface area contributed by atoms with Crippen LogP contribution in [0.2, 0.25) is 0 Å². The molecule has 6 nitrogen and oxygen atoms in total. The largest absolute Gasteiger partial charge is 0.389 e. The summed E-state index contributed by atoms with van der Waals surface area (Å²) in [7, 11) is 1.84. The van der Waals surface area contributed by atoms with Crippen molar-refractivity contribution in [2.45, 2.75) is 6.10 Å². The fraction of sp³-hybridized carbons (Fsp3) is 0.222. The Labute approximate surface area is 140 Å². The van der Waals surface area contributed by atoms with E-state index in [0.29, 0.717) is 11.1 Å².